The molecule has 0 unspecified atom stereocenters. The van der Waals surface area contributed by atoms with Gasteiger partial charge in [0, 0.05) is 0 Å². The summed E-state index contributed by atoms with van der Waals surface area (Å²) in [6.07, 6.45) is 2.38. The first-order valence-electron chi connectivity index (χ1n) is 4.70. The molecule has 0 amide bonds. The highest BCUT2D eigenvalue weighted by atomic mass is 17.0. The van der Waals surface area contributed by atoms with E-state index >= 15 is 0 Å². The molecule has 0 spiro atoms. The average molecular weight is 207 g/mol. The van der Waals surface area contributed by atoms with Gasteiger partial charge in [0.05, 0.1) is 12.7 Å². The van der Waals surface area contributed by atoms with Crippen LogP contribution < -0.4 is 5.73 Å². The third-order valence-electron chi connectivity index (χ3n) is 2.14. The maximum Gasteiger partial charge on any atom is 0.175 e. The number of nitrogens with zero attached hydrogens (tertiary/aromatic N) is 2. The van der Waals surface area contributed by atoms with Crippen molar-refractivity contribution in [2.45, 2.75) is 6.42 Å². The Morgan fingerprint density at radius 1 is 1.27 bits per heavy atom. The van der Waals surface area contributed by atoms with Crippen molar-refractivity contribution in [2.24, 2.45) is 5.73 Å². The molecule has 0 fully saturated rings. The molecule has 1 aliphatic rings. The van der Waals surface area contributed by atoms with Crippen molar-refractivity contribution in [3.8, 4) is 0 Å². The number of hydrogen-bond donors (Lipinski definition) is 2. The average Bonchev–Trinajstić information content (AvgIpc) is 2.57. The molecule has 0 aliphatic carbocycles. The van der Waals surface area contributed by atoms with Gasteiger partial charge in [-0.2, -0.15) is 0 Å². The second kappa shape index (κ2) is 4.20. The molecule has 2 rings (SSSR count). The fraction of sp³-hybridized carbons (Fsp3) is 0.200. The van der Waals surface area contributed by atoms with Crippen molar-refractivity contribution in [3.63, 3.8) is 0 Å². The Hall–Kier alpha value is -1.72. The van der Waals surface area contributed by atoms with Crippen LogP contribution in [0.5, 0.6) is 0 Å². The monoisotopic (exact) mass is 207 g/mol. The van der Waals surface area contributed by atoms with E-state index in [2.05, 4.69) is 0 Å². The molecule has 3 N–H and O–H groups in total. The van der Waals surface area contributed by atoms with Gasteiger partial charge in [0.15, 0.2) is 5.82 Å². The zero-order valence-corrected chi connectivity index (χ0v) is 8.21. The summed E-state index contributed by atoms with van der Waals surface area (Å²) >= 11 is 0. The van der Waals surface area contributed by atoms with Gasteiger partial charge in [-0.15, -0.1) is 4.94 Å². The van der Waals surface area contributed by atoms with E-state index in [1.54, 1.807) is 6.20 Å². The summed E-state index contributed by atoms with van der Waals surface area (Å²) < 4.78 is 0. The third-order valence-corrected chi connectivity index (χ3v) is 2.14. The van der Waals surface area contributed by atoms with E-state index < -0.39 is 0 Å². The Labute approximate surface area is 87.8 Å². The summed E-state index contributed by atoms with van der Waals surface area (Å²) in [5, 5.41) is 11.1. The standard InChI is InChI=1S/C10H13N3O2/c11-10-8-12(15-13(10)14)7-6-9-4-2-1-3-5-9/h1-5,8,14H,6-7,11H2. The lowest BCUT2D eigenvalue weighted by molar-refractivity contribution is -0.386. The summed E-state index contributed by atoms with van der Waals surface area (Å²) in [7, 11) is 0. The Morgan fingerprint density at radius 2 is 2.00 bits per heavy atom. The minimum Gasteiger partial charge on any atom is -0.380 e. The zero-order valence-electron chi connectivity index (χ0n) is 8.21. The second-order valence-corrected chi connectivity index (χ2v) is 3.28. The highest BCUT2D eigenvalue weighted by Crippen LogP contribution is 2.11. The quantitative estimate of drug-likeness (QED) is 0.769. The normalized spacial score (nSPS) is 15.7. The van der Waals surface area contributed by atoms with Gasteiger partial charge in [0.1, 0.15) is 0 Å². The SMILES string of the molecule is NC1=CN(CCc2ccccc2)ON1O. The van der Waals surface area contributed by atoms with E-state index in [9.17, 15) is 0 Å². The van der Waals surface area contributed by atoms with Crippen molar-refractivity contribution in [3.05, 3.63) is 47.9 Å². The van der Waals surface area contributed by atoms with Gasteiger partial charge in [-0.1, -0.05) is 35.6 Å². The van der Waals surface area contributed by atoms with E-state index in [4.69, 9.17) is 15.9 Å². The summed E-state index contributed by atoms with van der Waals surface area (Å²) in [4.78, 5) is 4.90. The van der Waals surface area contributed by atoms with Gasteiger partial charge in [0.25, 0.3) is 0 Å². The highest BCUT2D eigenvalue weighted by Gasteiger charge is 2.17. The van der Waals surface area contributed by atoms with Gasteiger partial charge in [-0.3, -0.25) is 5.21 Å². The molecule has 1 heterocycles. The number of rotatable bonds is 3. The van der Waals surface area contributed by atoms with E-state index in [0.29, 0.717) is 11.8 Å². The molecule has 1 aromatic rings. The summed E-state index contributed by atoms with van der Waals surface area (Å²) in [6, 6.07) is 10.0. The molecule has 0 atom stereocenters. The highest BCUT2D eigenvalue weighted by molar-refractivity contribution is 5.14. The van der Waals surface area contributed by atoms with Crippen LogP contribution in [0.1, 0.15) is 5.56 Å². The molecular weight excluding hydrogens is 194 g/mol. The summed E-state index contributed by atoms with van der Waals surface area (Å²) in [5.41, 5.74) is 6.62. The van der Waals surface area contributed by atoms with E-state index in [0.717, 1.165) is 6.42 Å². The molecule has 0 bridgehead atoms. The topological polar surface area (TPSA) is 62.0 Å². The molecule has 0 aromatic heterocycles. The van der Waals surface area contributed by atoms with Crippen LogP contribution in [0, 0.1) is 0 Å². The minimum atomic E-state index is 0.183. The first-order valence-corrected chi connectivity index (χ1v) is 4.70. The zero-order chi connectivity index (χ0) is 10.7. The molecule has 5 heteroatoms. The largest absolute Gasteiger partial charge is 0.380 e. The van der Waals surface area contributed by atoms with E-state index in [-0.39, 0.29) is 5.82 Å². The number of hydrogen-bond acceptors (Lipinski definition) is 5. The van der Waals surface area contributed by atoms with E-state index in [1.807, 2.05) is 30.3 Å². The van der Waals surface area contributed by atoms with Crippen LogP contribution in [0.15, 0.2) is 42.4 Å². The van der Waals surface area contributed by atoms with Crippen LogP contribution in [0.2, 0.25) is 0 Å². The fourth-order valence-electron chi connectivity index (χ4n) is 1.36. The van der Waals surface area contributed by atoms with Crippen LogP contribution in [0.4, 0.5) is 0 Å². The van der Waals surface area contributed by atoms with Gasteiger partial charge in [-0.25, -0.2) is 5.06 Å². The van der Waals surface area contributed by atoms with Crippen molar-refractivity contribution in [1.29, 1.82) is 0 Å². The van der Waals surface area contributed by atoms with Gasteiger partial charge >= 0.3 is 0 Å². The number of nitrogens with two attached hydrogens (primary N) is 1. The maximum atomic E-state index is 9.04. The fourth-order valence-corrected chi connectivity index (χ4v) is 1.36. The molecule has 1 aliphatic heterocycles. The van der Waals surface area contributed by atoms with Crippen LogP contribution in [-0.2, 0) is 11.4 Å². The Morgan fingerprint density at radius 3 is 2.60 bits per heavy atom. The molecule has 0 radical (unpaired) electrons. The van der Waals surface area contributed by atoms with E-state index in [1.165, 1.54) is 10.6 Å². The Kier molecular flexibility index (Phi) is 2.75. The van der Waals surface area contributed by atoms with Gasteiger partial charge in [0.2, 0.25) is 0 Å². The summed E-state index contributed by atoms with van der Waals surface area (Å²) in [6.45, 7) is 0.641. The van der Waals surface area contributed by atoms with Crippen molar-refractivity contribution in [2.75, 3.05) is 6.54 Å². The number of benzene rings is 1. The lowest BCUT2D eigenvalue weighted by Crippen LogP contribution is -2.24. The first-order chi connectivity index (χ1) is 7.25. The van der Waals surface area contributed by atoms with Crippen LogP contribution in [0.25, 0.3) is 0 Å². The first kappa shape index (κ1) is 9.82. The Bertz CT molecular complexity index is 353. The van der Waals surface area contributed by atoms with Crippen molar-refractivity contribution in [1.82, 2.24) is 10.3 Å². The van der Waals surface area contributed by atoms with Gasteiger partial charge in [-0.05, 0) is 12.0 Å². The maximum absolute atomic E-state index is 9.04. The number of hydroxylamine groups is 4. The molecular formula is C10H13N3O2. The van der Waals surface area contributed by atoms with Crippen LogP contribution in [-0.4, -0.2) is 22.0 Å². The third kappa shape index (κ3) is 2.39. The molecule has 80 valence electrons. The molecule has 5 nitrogen and oxygen atoms in total. The van der Waals surface area contributed by atoms with Crippen LogP contribution in [0.3, 0.4) is 0 Å². The summed E-state index contributed by atoms with van der Waals surface area (Å²) in [5.74, 6) is 0.183. The predicted octanol–water partition coefficient (Wildman–Crippen LogP) is 0.840. The van der Waals surface area contributed by atoms with Crippen molar-refractivity contribution < 1.29 is 10.1 Å². The smallest absolute Gasteiger partial charge is 0.175 e. The molecule has 0 saturated carbocycles. The predicted molar refractivity (Wildman–Crippen MR) is 53.8 cm³/mol. The lowest BCUT2D eigenvalue weighted by atomic mass is 10.1. The van der Waals surface area contributed by atoms with Crippen LogP contribution >= 0.6 is 0 Å². The minimum absolute atomic E-state index is 0.183. The molecule has 15 heavy (non-hydrogen) atoms. The molecule has 0 saturated heterocycles. The lowest BCUT2D eigenvalue weighted by Gasteiger charge is -2.14. The van der Waals surface area contributed by atoms with Gasteiger partial charge < -0.3 is 5.73 Å². The van der Waals surface area contributed by atoms with Crippen molar-refractivity contribution >= 4 is 0 Å². The second-order valence-electron chi connectivity index (χ2n) is 3.28. The molecule has 1 aromatic carbocycles. The Balaban J connectivity index is 1.85.